The van der Waals surface area contributed by atoms with Crippen molar-refractivity contribution in [3.63, 3.8) is 0 Å². The molecular weight excluding hydrogens is 252 g/mol. The van der Waals surface area contributed by atoms with Gasteiger partial charge >= 0.3 is 0 Å². The number of hydrogen-bond donors (Lipinski definition) is 2. The zero-order chi connectivity index (χ0) is 11.1. The normalized spacial score (nSPS) is 10.4. The third-order valence-electron chi connectivity index (χ3n) is 2.67. The molecule has 0 saturated heterocycles. The Morgan fingerprint density at radius 1 is 1.06 bits per heavy atom. The van der Waals surface area contributed by atoms with Gasteiger partial charge < -0.3 is 5.73 Å². The minimum Gasteiger partial charge on any atom is -0.383 e. The summed E-state index contributed by atoms with van der Waals surface area (Å²) in [6, 6.07) is 14.5. The fraction of sp³-hybridized carbons (Fsp3) is 0. The third kappa shape index (κ3) is 1.88. The van der Waals surface area contributed by atoms with E-state index in [-0.39, 0.29) is 18.2 Å². The van der Waals surface area contributed by atoms with Gasteiger partial charge in [0.05, 0.1) is 4.88 Å². The smallest absolute Gasteiger partial charge is 0.133 e. The predicted octanol–water partition coefficient (Wildman–Crippen LogP) is 3.76. The molecule has 0 aliphatic rings. The number of nitrogens with two attached hydrogens (primary N) is 1. The van der Waals surface area contributed by atoms with Gasteiger partial charge in [-0.1, -0.05) is 36.4 Å². The van der Waals surface area contributed by atoms with E-state index in [0.29, 0.717) is 0 Å². The largest absolute Gasteiger partial charge is 0.383 e. The van der Waals surface area contributed by atoms with Crippen LogP contribution in [0.3, 0.4) is 0 Å². The number of nitrogen functional groups attached to an aromatic ring is 1. The number of rotatable bonds is 1. The average Bonchev–Trinajstić information content (AvgIpc) is 2.73. The van der Waals surface area contributed by atoms with Crippen molar-refractivity contribution in [1.29, 1.82) is 5.41 Å². The molecule has 0 amide bonds. The highest BCUT2D eigenvalue weighted by Crippen LogP contribution is 2.32. The fourth-order valence-corrected chi connectivity index (χ4v) is 2.96. The summed E-state index contributed by atoms with van der Waals surface area (Å²) in [7, 11) is 0. The Morgan fingerprint density at radius 2 is 1.76 bits per heavy atom. The molecule has 1 aromatic heterocycles. The minimum atomic E-state index is 0. The lowest BCUT2D eigenvalue weighted by molar-refractivity contribution is 1.46. The molecule has 4 heteroatoms. The first-order valence-corrected chi connectivity index (χ1v) is 5.83. The molecule has 17 heavy (non-hydrogen) atoms. The van der Waals surface area contributed by atoms with E-state index < -0.39 is 0 Å². The molecule has 0 aliphatic heterocycles. The second-order valence-electron chi connectivity index (χ2n) is 3.73. The van der Waals surface area contributed by atoms with Crippen LogP contribution >= 0.6 is 23.7 Å². The Morgan fingerprint density at radius 3 is 2.53 bits per heavy atom. The van der Waals surface area contributed by atoms with Crippen LogP contribution in [-0.2, 0) is 0 Å². The molecule has 0 radical (unpaired) electrons. The van der Waals surface area contributed by atoms with Crippen LogP contribution in [0.15, 0.2) is 42.5 Å². The number of amidine groups is 1. The molecule has 0 spiro atoms. The molecule has 2 nitrogen and oxygen atoms in total. The molecule has 1 heterocycles. The summed E-state index contributed by atoms with van der Waals surface area (Å²) in [6.07, 6.45) is 0. The topological polar surface area (TPSA) is 49.9 Å². The molecule has 0 bridgehead atoms. The molecule has 0 unspecified atom stereocenters. The lowest BCUT2D eigenvalue weighted by Gasteiger charge is -1.97. The number of thiophene rings is 1. The highest BCUT2D eigenvalue weighted by atomic mass is 35.5. The Kier molecular flexibility index (Phi) is 3.05. The van der Waals surface area contributed by atoms with Crippen molar-refractivity contribution in [2.75, 3.05) is 0 Å². The van der Waals surface area contributed by atoms with Gasteiger partial charge in [-0.05, 0) is 22.2 Å². The van der Waals surface area contributed by atoms with Gasteiger partial charge in [0.15, 0.2) is 0 Å². The highest BCUT2D eigenvalue weighted by molar-refractivity contribution is 7.21. The van der Waals surface area contributed by atoms with E-state index in [4.69, 9.17) is 11.1 Å². The Labute approximate surface area is 109 Å². The highest BCUT2D eigenvalue weighted by Gasteiger charge is 2.06. The predicted molar refractivity (Wildman–Crippen MR) is 77.6 cm³/mol. The van der Waals surface area contributed by atoms with Crippen LogP contribution in [0.5, 0.6) is 0 Å². The van der Waals surface area contributed by atoms with Crippen molar-refractivity contribution in [2.45, 2.75) is 0 Å². The Hall–Kier alpha value is -1.58. The summed E-state index contributed by atoms with van der Waals surface area (Å²) in [5.41, 5.74) is 5.52. The molecule has 86 valence electrons. The van der Waals surface area contributed by atoms with Gasteiger partial charge in [-0.25, -0.2) is 0 Å². The number of halogens is 1. The average molecular weight is 263 g/mol. The lowest BCUT2D eigenvalue weighted by Crippen LogP contribution is -2.08. The van der Waals surface area contributed by atoms with Crippen LogP contribution in [-0.4, -0.2) is 5.84 Å². The van der Waals surface area contributed by atoms with Crippen molar-refractivity contribution < 1.29 is 0 Å². The summed E-state index contributed by atoms with van der Waals surface area (Å²) in [5, 5.41) is 11.1. The van der Waals surface area contributed by atoms with Crippen LogP contribution in [0, 0.1) is 5.41 Å². The molecule has 3 N–H and O–H groups in total. The molecular formula is C13H11ClN2S. The SMILES string of the molecule is Cl.N=C(N)c1cc2ccc3ccccc3c2s1. The second kappa shape index (κ2) is 4.35. The standard InChI is InChI=1S/C13H10N2S.ClH/c14-13(15)11-7-9-6-5-8-3-1-2-4-10(8)12(9)16-11;/h1-7H,(H3,14,15);1H. The Balaban J connectivity index is 0.00000108. The van der Waals surface area contributed by atoms with Gasteiger partial charge in [0.1, 0.15) is 5.84 Å². The molecule has 0 atom stereocenters. The van der Waals surface area contributed by atoms with E-state index in [1.54, 1.807) is 11.3 Å². The van der Waals surface area contributed by atoms with Crippen LogP contribution in [0.1, 0.15) is 4.88 Å². The fourth-order valence-electron chi connectivity index (χ4n) is 1.90. The first kappa shape index (κ1) is 11.9. The van der Waals surface area contributed by atoms with Gasteiger partial charge in [0.2, 0.25) is 0 Å². The number of nitrogens with one attached hydrogen (secondary N) is 1. The van der Waals surface area contributed by atoms with Crippen LogP contribution in [0.25, 0.3) is 20.9 Å². The molecule has 0 saturated carbocycles. The van der Waals surface area contributed by atoms with Gasteiger partial charge in [0.25, 0.3) is 0 Å². The molecule has 0 aliphatic carbocycles. The van der Waals surface area contributed by atoms with Crippen molar-refractivity contribution in [3.8, 4) is 0 Å². The van der Waals surface area contributed by atoms with E-state index in [0.717, 1.165) is 10.3 Å². The van der Waals surface area contributed by atoms with Gasteiger partial charge in [-0.15, -0.1) is 23.7 Å². The first-order chi connectivity index (χ1) is 7.75. The summed E-state index contributed by atoms with van der Waals surface area (Å²) in [4.78, 5) is 0.839. The molecule has 0 fully saturated rings. The van der Waals surface area contributed by atoms with Crippen LogP contribution in [0.2, 0.25) is 0 Å². The lowest BCUT2D eigenvalue weighted by atomic mass is 10.1. The Bertz CT molecular complexity index is 703. The molecule has 3 aromatic rings. The minimum absolute atomic E-state index is 0. The van der Waals surface area contributed by atoms with E-state index >= 15 is 0 Å². The first-order valence-electron chi connectivity index (χ1n) is 5.01. The molecule has 3 rings (SSSR count). The summed E-state index contributed by atoms with van der Waals surface area (Å²) >= 11 is 1.59. The van der Waals surface area contributed by atoms with E-state index in [2.05, 4.69) is 24.3 Å². The zero-order valence-electron chi connectivity index (χ0n) is 8.94. The number of benzene rings is 2. The van der Waals surface area contributed by atoms with Crippen molar-refractivity contribution in [2.24, 2.45) is 5.73 Å². The summed E-state index contributed by atoms with van der Waals surface area (Å²) < 4.78 is 1.21. The van der Waals surface area contributed by atoms with E-state index in [1.807, 2.05) is 18.2 Å². The van der Waals surface area contributed by atoms with Crippen molar-refractivity contribution in [1.82, 2.24) is 0 Å². The van der Waals surface area contributed by atoms with E-state index in [9.17, 15) is 0 Å². The van der Waals surface area contributed by atoms with Crippen molar-refractivity contribution in [3.05, 3.63) is 47.3 Å². The monoisotopic (exact) mass is 262 g/mol. The third-order valence-corrected chi connectivity index (χ3v) is 3.89. The zero-order valence-corrected chi connectivity index (χ0v) is 10.6. The maximum atomic E-state index is 7.46. The second-order valence-corrected chi connectivity index (χ2v) is 4.78. The molecule has 2 aromatic carbocycles. The van der Waals surface area contributed by atoms with Crippen LogP contribution < -0.4 is 5.73 Å². The van der Waals surface area contributed by atoms with Crippen LogP contribution in [0.4, 0.5) is 0 Å². The maximum Gasteiger partial charge on any atom is 0.133 e. The number of hydrogen-bond acceptors (Lipinski definition) is 2. The van der Waals surface area contributed by atoms with Crippen molar-refractivity contribution >= 4 is 50.4 Å². The quantitative estimate of drug-likeness (QED) is 0.509. The number of fused-ring (bicyclic) bond motifs is 3. The summed E-state index contributed by atoms with van der Waals surface area (Å²) in [6.45, 7) is 0. The maximum absolute atomic E-state index is 7.46. The summed E-state index contributed by atoms with van der Waals surface area (Å²) in [5.74, 6) is 0.144. The van der Waals surface area contributed by atoms with Gasteiger partial charge in [-0.2, -0.15) is 0 Å². The van der Waals surface area contributed by atoms with Gasteiger partial charge in [-0.3, -0.25) is 5.41 Å². The van der Waals surface area contributed by atoms with E-state index in [1.165, 1.54) is 15.5 Å². The van der Waals surface area contributed by atoms with Gasteiger partial charge in [0, 0.05) is 4.70 Å².